The Bertz CT molecular complexity index is 208. The van der Waals surface area contributed by atoms with Crippen LogP contribution in [0.2, 0.25) is 0 Å². The maximum absolute atomic E-state index is 2.34. The molecule has 2 N–H and O–H groups in total. The van der Waals surface area contributed by atoms with Gasteiger partial charge in [0.2, 0.25) is 0 Å². The summed E-state index contributed by atoms with van der Waals surface area (Å²) in [5, 5.41) is 0. The summed E-state index contributed by atoms with van der Waals surface area (Å²) < 4.78 is 0. The van der Waals surface area contributed by atoms with Gasteiger partial charge in [-0.2, -0.15) is 0 Å². The molecule has 0 unspecified atom stereocenters. The Morgan fingerprint density at radius 3 is 2.29 bits per heavy atom. The molecule has 0 radical (unpaired) electrons. The maximum Gasteiger partial charge on any atom is 0.127 e. The second-order valence-electron chi connectivity index (χ2n) is 5.90. The highest BCUT2D eigenvalue weighted by molar-refractivity contribution is 4.90. The van der Waals surface area contributed by atoms with Crippen molar-refractivity contribution in [2.75, 3.05) is 33.2 Å². The number of hydrogen-bond acceptors (Lipinski definition) is 0. The van der Waals surface area contributed by atoms with E-state index in [1.165, 1.54) is 26.2 Å². The summed E-state index contributed by atoms with van der Waals surface area (Å²) in [6.07, 6.45) is 6.26. The summed E-state index contributed by atoms with van der Waals surface area (Å²) in [6.45, 7) is 5.70. The zero-order chi connectivity index (χ0) is 9.54. The van der Waals surface area contributed by atoms with Gasteiger partial charge in [-0.1, -0.05) is 0 Å². The minimum absolute atomic E-state index is 1.07. The minimum Gasteiger partial charge on any atom is -0.328 e. The lowest BCUT2D eigenvalue weighted by Crippen LogP contribution is -3.28. The van der Waals surface area contributed by atoms with Gasteiger partial charge in [0.15, 0.2) is 0 Å². The van der Waals surface area contributed by atoms with Crippen molar-refractivity contribution in [3.05, 3.63) is 0 Å². The van der Waals surface area contributed by atoms with Crippen LogP contribution in [0, 0.1) is 11.8 Å². The molecule has 3 rings (SSSR count). The van der Waals surface area contributed by atoms with E-state index < -0.39 is 0 Å². The van der Waals surface area contributed by atoms with Crippen LogP contribution in [0.25, 0.3) is 0 Å². The molecule has 0 aromatic rings. The summed E-state index contributed by atoms with van der Waals surface area (Å²) in [4.78, 5) is 3.71. The minimum atomic E-state index is 1.07. The number of piperazine rings is 1. The Kier molecular flexibility index (Phi) is 2.29. The van der Waals surface area contributed by atoms with Gasteiger partial charge in [0.05, 0.1) is 13.1 Å². The van der Waals surface area contributed by atoms with Gasteiger partial charge in [-0.05, 0) is 25.2 Å². The highest BCUT2D eigenvalue weighted by atomic mass is 15.3. The van der Waals surface area contributed by atoms with Crippen LogP contribution in [-0.2, 0) is 0 Å². The van der Waals surface area contributed by atoms with Gasteiger partial charge in [-0.25, -0.2) is 0 Å². The van der Waals surface area contributed by atoms with Crippen LogP contribution in [0.5, 0.6) is 0 Å². The fourth-order valence-electron chi connectivity index (χ4n) is 4.11. The fourth-order valence-corrected chi connectivity index (χ4v) is 4.11. The van der Waals surface area contributed by atoms with Crippen molar-refractivity contribution in [3.8, 4) is 0 Å². The smallest absolute Gasteiger partial charge is 0.127 e. The molecule has 3 atom stereocenters. The van der Waals surface area contributed by atoms with E-state index in [9.17, 15) is 0 Å². The Labute approximate surface area is 87.3 Å². The number of nitrogens with one attached hydrogen (secondary N) is 2. The maximum atomic E-state index is 2.34. The van der Waals surface area contributed by atoms with Gasteiger partial charge < -0.3 is 9.80 Å². The van der Waals surface area contributed by atoms with Gasteiger partial charge in [-0.3, -0.25) is 0 Å². The van der Waals surface area contributed by atoms with Crippen molar-refractivity contribution >= 4 is 0 Å². The van der Waals surface area contributed by atoms with E-state index in [0.717, 1.165) is 17.9 Å². The van der Waals surface area contributed by atoms with Crippen LogP contribution in [0.1, 0.15) is 25.7 Å². The first-order chi connectivity index (χ1) is 6.83. The Morgan fingerprint density at radius 2 is 1.71 bits per heavy atom. The van der Waals surface area contributed by atoms with E-state index in [-0.39, 0.29) is 0 Å². The van der Waals surface area contributed by atoms with Gasteiger partial charge in [0.25, 0.3) is 0 Å². The lowest BCUT2D eigenvalue weighted by Gasteiger charge is -2.35. The second kappa shape index (κ2) is 3.49. The normalized spacial score (nSPS) is 52.5. The zero-order valence-corrected chi connectivity index (χ0v) is 9.39. The molecule has 3 fully saturated rings. The van der Waals surface area contributed by atoms with Crippen molar-refractivity contribution in [1.29, 1.82) is 0 Å². The third kappa shape index (κ3) is 1.49. The van der Waals surface area contributed by atoms with E-state index >= 15 is 0 Å². The summed E-state index contributed by atoms with van der Waals surface area (Å²) >= 11 is 0. The average Bonchev–Trinajstić information content (AvgIpc) is 2.80. The number of fused-ring (bicyclic) bond motifs is 2. The second-order valence-corrected chi connectivity index (χ2v) is 5.90. The van der Waals surface area contributed by atoms with E-state index in [1.807, 2.05) is 4.90 Å². The molecule has 2 heteroatoms. The molecule has 3 aliphatic rings. The molecule has 14 heavy (non-hydrogen) atoms. The quantitative estimate of drug-likeness (QED) is 0.510. The molecule has 1 aliphatic heterocycles. The van der Waals surface area contributed by atoms with Gasteiger partial charge in [0, 0.05) is 12.3 Å². The molecule has 2 aliphatic carbocycles. The highest BCUT2D eigenvalue weighted by Crippen LogP contribution is 2.43. The largest absolute Gasteiger partial charge is 0.328 e. The van der Waals surface area contributed by atoms with Crippen molar-refractivity contribution < 1.29 is 9.80 Å². The molecular weight excluding hydrogens is 172 g/mol. The molecule has 0 aromatic carbocycles. The first-order valence-corrected chi connectivity index (χ1v) is 6.49. The number of rotatable bonds is 1. The van der Waals surface area contributed by atoms with Crippen LogP contribution in [-0.4, -0.2) is 39.3 Å². The SMILES string of the molecule is C[NH+]1CC[NH+]([C@H]2C[C@H]3CC[C@@H]2C3)CC1. The van der Waals surface area contributed by atoms with Gasteiger partial charge >= 0.3 is 0 Å². The summed E-state index contributed by atoms with van der Waals surface area (Å²) in [6, 6.07) is 1.07. The number of hydrogen-bond donors (Lipinski definition) is 2. The molecule has 0 amide bonds. The van der Waals surface area contributed by atoms with E-state index in [2.05, 4.69) is 7.05 Å². The van der Waals surface area contributed by atoms with Crippen LogP contribution < -0.4 is 9.80 Å². The van der Waals surface area contributed by atoms with Crippen molar-refractivity contribution in [3.63, 3.8) is 0 Å². The van der Waals surface area contributed by atoms with Crippen LogP contribution in [0.3, 0.4) is 0 Å². The van der Waals surface area contributed by atoms with Crippen LogP contribution in [0.4, 0.5) is 0 Å². The lowest BCUT2D eigenvalue weighted by atomic mass is 9.93. The van der Waals surface area contributed by atoms with E-state index in [0.29, 0.717) is 0 Å². The van der Waals surface area contributed by atoms with Crippen molar-refractivity contribution in [2.45, 2.75) is 31.7 Å². The average molecular weight is 196 g/mol. The van der Waals surface area contributed by atoms with E-state index in [1.54, 1.807) is 30.6 Å². The summed E-state index contributed by atoms with van der Waals surface area (Å²) in [5.41, 5.74) is 0. The monoisotopic (exact) mass is 196 g/mol. The first kappa shape index (κ1) is 9.17. The molecule has 0 spiro atoms. The number of quaternary nitrogens is 2. The van der Waals surface area contributed by atoms with Gasteiger partial charge in [-0.15, -0.1) is 0 Å². The van der Waals surface area contributed by atoms with Crippen LogP contribution >= 0.6 is 0 Å². The molecular formula is C12H24N2+2. The Morgan fingerprint density at radius 1 is 0.929 bits per heavy atom. The molecule has 2 saturated carbocycles. The highest BCUT2D eigenvalue weighted by Gasteiger charge is 2.45. The zero-order valence-electron chi connectivity index (χ0n) is 9.39. The van der Waals surface area contributed by atoms with E-state index in [4.69, 9.17) is 0 Å². The molecule has 2 bridgehead atoms. The van der Waals surface area contributed by atoms with Crippen molar-refractivity contribution in [1.82, 2.24) is 0 Å². The molecule has 2 nitrogen and oxygen atoms in total. The summed E-state index contributed by atoms with van der Waals surface area (Å²) in [7, 11) is 2.34. The fraction of sp³-hybridized carbons (Fsp3) is 1.00. The molecule has 1 saturated heterocycles. The molecule has 0 aromatic heterocycles. The van der Waals surface area contributed by atoms with Gasteiger partial charge in [0.1, 0.15) is 26.2 Å². The van der Waals surface area contributed by atoms with Crippen molar-refractivity contribution in [2.24, 2.45) is 11.8 Å². The van der Waals surface area contributed by atoms with Crippen LogP contribution in [0.15, 0.2) is 0 Å². The topological polar surface area (TPSA) is 8.88 Å². The first-order valence-electron chi connectivity index (χ1n) is 6.49. The molecule has 1 heterocycles. The predicted octanol–water partition coefficient (Wildman–Crippen LogP) is -1.41. The third-order valence-corrected chi connectivity index (χ3v) is 5.01. The standard InChI is InChI=1S/C12H22N2/c1-13-4-6-14(7-5-13)12-9-10-2-3-11(12)8-10/h10-12H,2-9H2,1H3/p+2/t10-,11+,12-/m0/s1. The lowest BCUT2D eigenvalue weighted by molar-refractivity contribution is -1.02. The third-order valence-electron chi connectivity index (χ3n) is 5.01. The predicted molar refractivity (Wildman–Crippen MR) is 56.6 cm³/mol. The number of likely N-dealkylation sites (N-methyl/N-ethyl adjacent to an activating group) is 1. The Hall–Kier alpha value is -0.0800. The molecule has 80 valence electrons. The Balaban J connectivity index is 1.61. The summed E-state index contributed by atoms with van der Waals surface area (Å²) in [5.74, 6) is 2.25.